The Balaban J connectivity index is 1.38. The summed E-state index contributed by atoms with van der Waals surface area (Å²) in [5.41, 5.74) is 3.43. The zero-order valence-electron chi connectivity index (χ0n) is 18.8. The molecule has 2 heterocycles. The first-order valence-electron chi connectivity index (χ1n) is 11.2. The number of para-hydroxylation sites is 1. The lowest BCUT2D eigenvalue weighted by atomic mass is 10.1. The lowest BCUT2D eigenvalue weighted by molar-refractivity contribution is -0.384. The van der Waals surface area contributed by atoms with Crippen molar-refractivity contribution < 1.29 is 14.1 Å². The van der Waals surface area contributed by atoms with Gasteiger partial charge in [0.25, 0.3) is 11.6 Å². The van der Waals surface area contributed by atoms with Gasteiger partial charge in [0.15, 0.2) is 0 Å². The van der Waals surface area contributed by atoms with E-state index in [4.69, 9.17) is 0 Å². The molecule has 1 aliphatic rings. The summed E-state index contributed by atoms with van der Waals surface area (Å²) in [5.74, 6) is -0.475. The van der Waals surface area contributed by atoms with E-state index in [0.29, 0.717) is 37.6 Å². The van der Waals surface area contributed by atoms with Gasteiger partial charge in [-0.05, 0) is 54.6 Å². The summed E-state index contributed by atoms with van der Waals surface area (Å²) in [6, 6.07) is 23.6. The van der Waals surface area contributed by atoms with Gasteiger partial charge in [0.2, 0.25) is 0 Å². The number of aromatic nitrogens is 2. The van der Waals surface area contributed by atoms with Gasteiger partial charge in [-0.1, -0.05) is 18.2 Å². The van der Waals surface area contributed by atoms with Crippen molar-refractivity contribution in [1.29, 1.82) is 0 Å². The standard InChI is InChI=1S/C26H22FN5O3/c27-20-8-6-19(7-9-20)24-18-25(31(28-24)22-4-2-1-3-5-22)26(33)30-16-14-29(15-17-30)21-10-12-23(13-11-21)32(34)35/h1-13,18H,14-17H2. The number of piperazine rings is 1. The van der Waals surface area contributed by atoms with E-state index < -0.39 is 4.92 Å². The Kier molecular flexibility index (Phi) is 5.97. The zero-order chi connectivity index (χ0) is 24.4. The molecule has 8 nitrogen and oxygen atoms in total. The molecule has 1 aliphatic heterocycles. The average Bonchev–Trinajstić information content (AvgIpc) is 3.35. The second-order valence-electron chi connectivity index (χ2n) is 8.22. The number of rotatable bonds is 5. The van der Waals surface area contributed by atoms with E-state index >= 15 is 0 Å². The van der Waals surface area contributed by atoms with E-state index in [1.807, 2.05) is 30.3 Å². The monoisotopic (exact) mass is 471 g/mol. The Hall–Kier alpha value is -4.53. The van der Waals surface area contributed by atoms with Crippen LogP contribution in [0, 0.1) is 15.9 Å². The summed E-state index contributed by atoms with van der Waals surface area (Å²) in [6.07, 6.45) is 0. The number of benzene rings is 3. The summed E-state index contributed by atoms with van der Waals surface area (Å²) in [4.78, 5) is 27.9. The Bertz CT molecular complexity index is 1350. The molecule has 0 saturated carbocycles. The fourth-order valence-electron chi connectivity index (χ4n) is 4.18. The second kappa shape index (κ2) is 9.38. The van der Waals surface area contributed by atoms with Crippen molar-refractivity contribution in [2.75, 3.05) is 31.1 Å². The molecular weight excluding hydrogens is 449 g/mol. The molecule has 0 N–H and O–H groups in total. The van der Waals surface area contributed by atoms with Gasteiger partial charge in [0, 0.05) is 49.6 Å². The Morgan fingerprint density at radius 1 is 0.857 bits per heavy atom. The van der Waals surface area contributed by atoms with Crippen LogP contribution < -0.4 is 4.90 Å². The lowest BCUT2D eigenvalue weighted by Crippen LogP contribution is -2.49. The third-order valence-electron chi connectivity index (χ3n) is 6.06. The molecule has 4 aromatic rings. The van der Waals surface area contributed by atoms with Gasteiger partial charge in [-0.3, -0.25) is 14.9 Å². The van der Waals surface area contributed by atoms with Crippen LogP contribution in [0.3, 0.4) is 0 Å². The first kappa shape index (κ1) is 22.3. The third-order valence-corrected chi connectivity index (χ3v) is 6.06. The highest BCUT2D eigenvalue weighted by Gasteiger charge is 2.26. The van der Waals surface area contributed by atoms with E-state index in [9.17, 15) is 19.3 Å². The van der Waals surface area contributed by atoms with E-state index in [1.165, 1.54) is 24.3 Å². The predicted molar refractivity (Wildman–Crippen MR) is 130 cm³/mol. The number of carbonyl (C=O) groups excluding carboxylic acids is 1. The number of nitrogens with zero attached hydrogens (tertiary/aromatic N) is 5. The van der Waals surface area contributed by atoms with Gasteiger partial charge >= 0.3 is 0 Å². The Morgan fingerprint density at radius 2 is 1.51 bits per heavy atom. The third kappa shape index (κ3) is 4.61. The maximum atomic E-state index is 13.6. The number of carbonyl (C=O) groups is 1. The van der Waals surface area contributed by atoms with E-state index in [1.54, 1.807) is 39.9 Å². The maximum absolute atomic E-state index is 13.6. The van der Waals surface area contributed by atoms with Crippen LogP contribution in [-0.2, 0) is 0 Å². The topological polar surface area (TPSA) is 84.5 Å². The minimum Gasteiger partial charge on any atom is -0.368 e. The predicted octanol–water partition coefficient (Wildman–Crippen LogP) is 4.55. The van der Waals surface area contributed by atoms with Gasteiger partial charge in [-0.2, -0.15) is 5.10 Å². The molecule has 1 aromatic heterocycles. The Labute approximate surface area is 201 Å². The van der Waals surface area contributed by atoms with Crippen LogP contribution >= 0.6 is 0 Å². The minimum atomic E-state index is -0.420. The molecule has 5 rings (SSSR count). The van der Waals surface area contributed by atoms with Crippen molar-refractivity contribution >= 4 is 17.3 Å². The smallest absolute Gasteiger partial charge is 0.272 e. The molecule has 1 saturated heterocycles. The Morgan fingerprint density at radius 3 is 2.14 bits per heavy atom. The molecule has 0 aliphatic carbocycles. The summed E-state index contributed by atoms with van der Waals surface area (Å²) < 4.78 is 15.0. The molecule has 3 aromatic carbocycles. The first-order chi connectivity index (χ1) is 17.0. The molecule has 1 amide bonds. The number of hydrogen-bond donors (Lipinski definition) is 0. The summed E-state index contributed by atoms with van der Waals surface area (Å²) in [6.45, 7) is 2.21. The van der Waals surface area contributed by atoms with Crippen molar-refractivity contribution in [3.8, 4) is 16.9 Å². The van der Waals surface area contributed by atoms with Gasteiger partial charge in [0.05, 0.1) is 16.3 Å². The quantitative estimate of drug-likeness (QED) is 0.315. The van der Waals surface area contributed by atoms with Crippen molar-refractivity contribution in [2.24, 2.45) is 0 Å². The minimum absolute atomic E-state index is 0.0497. The van der Waals surface area contributed by atoms with Crippen LogP contribution in [-0.4, -0.2) is 51.7 Å². The van der Waals surface area contributed by atoms with Crippen LogP contribution in [0.1, 0.15) is 10.5 Å². The molecule has 0 spiro atoms. The molecule has 0 radical (unpaired) electrons. The van der Waals surface area contributed by atoms with Crippen molar-refractivity contribution in [1.82, 2.24) is 14.7 Å². The number of amides is 1. The summed E-state index contributed by atoms with van der Waals surface area (Å²) >= 11 is 0. The number of nitro groups is 1. The maximum Gasteiger partial charge on any atom is 0.272 e. The van der Waals surface area contributed by atoms with Crippen LogP contribution in [0.15, 0.2) is 84.9 Å². The SMILES string of the molecule is O=C(c1cc(-c2ccc(F)cc2)nn1-c1ccccc1)N1CCN(c2ccc([N+](=O)[O-])cc2)CC1. The lowest BCUT2D eigenvalue weighted by Gasteiger charge is -2.36. The van der Waals surface area contributed by atoms with Crippen LogP contribution in [0.4, 0.5) is 15.8 Å². The van der Waals surface area contributed by atoms with Gasteiger partial charge in [-0.25, -0.2) is 9.07 Å². The summed E-state index contributed by atoms with van der Waals surface area (Å²) in [5, 5.41) is 15.6. The molecule has 1 fully saturated rings. The van der Waals surface area contributed by atoms with E-state index in [-0.39, 0.29) is 17.4 Å². The molecule has 176 valence electrons. The van der Waals surface area contributed by atoms with Gasteiger partial charge in [0.1, 0.15) is 11.5 Å². The van der Waals surface area contributed by atoms with Crippen LogP contribution in [0.5, 0.6) is 0 Å². The zero-order valence-corrected chi connectivity index (χ0v) is 18.8. The highest BCUT2D eigenvalue weighted by Crippen LogP contribution is 2.25. The van der Waals surface area contributed by atoms with Crippen molar-refractivity contribution in [2.45, 2.75) is 0 Å². The largest absolute Gasteiger partial charge is 0.368 e. The molecule has 0 unspecified atom stereocenters. The number of hydrogen-bond acceptors (Lipinski definition) is 5. The number of nitro benzene ring substituents is 1. The van der Waals surface area contributed by atoms with Crippen LogP contribution in [0.25, 0.3) is 16.9 Å². The van der Waals surface area contributed by atoms with Crippen LogP contribution in [0.2, 0.25) is 0 Å². The fraction of sp³-hybridized carbons (Fsp3) is 0.154. The highest BCUT2D eigenvalue weighted by atomic mass is 19.1. The molecule has 9 heteroatoms. The van der Waals surface area contributed by atoms with E-state index in [0.717, 1.165) is 16.9 Å². The number of anilines is 1. The molecule has 35 heavy (non-hydrogen) atoms. The van der Waals surface area contributed by atoms with Gasteiger partial charge in [-0.15, -0.1) is 0 Å². The van der Waals surface area contributed by atoms with Crippen molar-refractivity contribution in [3.05, 3.63) is 107 Å². The van der Waals surface area contributed by atoms with Crippen molar-refractivity contribution in [3.63, 3.8) is 0 Å². The number of non-ortho nitro benzene ring substituents is 1. The second-order valence-corrected chi connectivity index (χ2v) is 8.22. The summed E-state index contributed by atoms with van der Waals surface area (Å²) in [7, 11) is 0. The molecule has 0 bridgehead atoms. The average molecular weight is 471 g/mol. The molecular formula is C26H22FN5O3. The fourth-order valence-corrected chi connectivity index (χ4v) is 4.18. The van der Waals surface area contributed by atoms with Gasteiger partial charge < -0.3 is 9.80 Å². The highest BCUT2D eigenvalue weighted by molar-refractivity contribution is 5.94. The normalized spacial score (nSPS) is 13.6. The van der Waals surface area contributed by atoms with E-state index in [2.05, 4.69) is 10.00 Å². The number of halogens is 1. The molecule has 0 atom stereocenters. The first-order valence-corrected chi connectivity index (χ1v) is 11.2.